The number of halogens is 2. The molecule has 0 aliphatic carbocycles. The maximum atomic E-state index is 12.9. The molecule has 1 fully saturated rings. The fourth-order valence-electron chi connectivity index (χ4n) is 2.34. The Labute approximate surface area is 118 Å². The van der Waals surface area contributed by atoms with E-state index in [1.807, 2.05) is 0 Å². The molecule has 6 heteroatoms. The molecule has 1 aromatic rings. The van der Waals surface area contributed by atoms with Gasteiger partial charge in [0.05, 0.1) is 0 Å². The van der Waals surface area contributed by atoms with Crippen molar-refractivity contribution >= 4 is 11.4 Å². The summed E-state index contributed by atoms with van der Waals surface area (Å²) < 4.78 is 25.8. The van der Waals surface area contributed by atoms with E-state index in [9.17, 15) is 8.78 Å². The summed E-state index contributed by atoms with van der Waals surface area (Å²) in [6, 6.07) is 4.60. The second kappa shape index (κ2) is 6.85. The maximum absolute atomic E-state index is 12.9. The lowest BCUT2D eigenvalue weighted by atomic mass is 10.1. The normalized spacial score (nSPS) is 17.6. The minimum Gasteiger partial charge on any atom is -0.399 e. The molecular formula is C14H22F2N4. The molecule has 0 amide bonds. The number of benzene rings is 1. The molecular weight excluding hydrogens is 262 g/mol. The lowest BCUT2D eigenvalue weighted by Crippen LogP contribution is -2.45. The smallest absolute Gasteiger partial charge is 0.265 e. The Balaban J connectivity index is 1.85. The van der Waals surface area contributed by atoms with Gasteiger partial charge in [0.1, 0.15) is 0 Å². The fraction of sp³-hybridized carbons (Fsp3) is 0.571. The van der Waals surface area contributed by atoms with Gasteiger partial charge in [-0.15, -0.1) is 0 Å². The van der Waals surface area contributed by atoms with Crippen LogP contribution >= 0.6 is 0 Å². The van der Waals surface area contributed by atoms with Crippen molar-refractivity contribution < 1.29 is 8.78 Å². The molecule has 0 aromatic heterocycles. The first kappa shape index (κ1) is 15.0. The van der Waals surface area contributed by atoms with E-state index in [0.717, 1.165) is 32.7 Å². The van der Waals surface area contributed by atoms with Crippen molar-refractivity contribution in [2.24, 2.45) is 0 Å². The van der Waals surface area contributed by atoms with Crippen LogP contribution < -0.4 is 11.1 Å². The molecule has 1 heterocycles. The number of rotatable bonds is 5. The fourth-order valence-corrected chi connectivity index (χ4v) is 2.34. The van der Waals surface area contributed by atoms with Crippen LogP contribution in [0.2, 0.25) is 0 Å². The lowest BCUT2D eigenvalue weighted by molar-refractivity contribution is 0.151. The van der Waals surface area contributed by atoms with Crippen molar-refractivity contribution in [3.63, 3.8) is 0 Å². The third-order valence-corrected chi connectivity index (χ3v) is 3.65. The van der Waals surface area contributed by atoms with Gasteiger partial charge in [-0.05, 0) is 25.2 Å². The standard InChI is InChI=1S/C14H22F2N4/c1-19-6-8-20(9-7-19)5-4-18-13-3-2-11(17)10-12(13)14(15)16/h2-3,10,14,18H,4-9,17H2,1H3. The van der Waals surface area contributed by atoms with Crippen LogP contribution in [0.1, 0.15) is 12.0 Å². The van der Waals surface area contributed by atoms with Gasteiger partial charge in [0, 0.05) is 56.2 Å². The summed E-state index contributed by atoms with van der Waals surface area (Å²) in [5.41, 5.74) is 6.37. The minimum atomic E-state index is -2.51. The van der Waals surface area contributed by atoms with E-state index >= 15 is 0 Å². The largest absolute Gasteiger partial charge is 0.399 e. The second-order valence-electron chi connectivity index (χ2n) is 5.22. The molecule has 0 saturated carbocycles. The van der Waals surface area contributed by atoms with Crippen LogP contribution in [-0.2, 0) is 0 Å². The van der Waals surface area contributed by atoms with Gasteiger partial charge in [-0.25, -0.2) is 8.78 Å². The lowest BCUT2D eigenvalue weighted by Gasteiger charge is -2.32. The number of nitrogen functional groups attached to an aromatic ring is 1. The van der Waals surface area contributed by atoms with Gasteiger partial charge >= 0.3 is 0 Å². The highest BCUT2D eigenvalue weighted by Crippen LogP contribution is 2.28. The summed E-state index contributed by atoms with van der Waals surface area (Å²) >= 11 is 0. The van der Waals surface area contributed by atoms with Crippen molar-refractivity contribution in [3.05, 3.63) is 23.8 Å². The van der Waals surface area contributed by atoms with E-state index in [0.29, 0.717) is 17.9 Å². The van der Waals surface area contributed by atoms with Crippen LogP contribution in [0.15, 0.2) is 18.2 Å². The summed E-state index contributed by atoms with van der Waals surface area (Å²) in [5, 5.41) is 3.09. The van der Waals surface area contributed by atoms with Crippen LogP contribution in [0.5, 0.6) is 0 Å². The first-order valence-corrected chi connectivity index (χ1v) is 6.88. The van der Waals surface area contributed by atoms with Crippen LogP contribution in [0.4, 0.5) is 20.2 Å². The number of nitrogens with two attached hydrogens (primary N) is 1. The molecule has 1 aliphatic heterocycles. The SMILES string of the molecule is CN1CCN(CCNc2ccc(N)cc2C(F)F)CC1. The number of likely N-dealkylation sites (N-methyl/N-ethyl adjacent to an activating group) is 1. The molecule has 0 bridgehead atoms. The van der Waals surface area contributed by atoms with Gasteiger partial charge in [0.15, 0.2) is 0 Å². The molecule has 4 nitrogen and oxygen atoms in total. The Bertz CT molecular complexity index is 431. The van der Waals surface area contributed by atoms with Crippen LogP contribution in [0.25, 0.3) is 0 Å². The van der Waals surface area contributed by atoms with Crippen molar-refractivity contribution in [2.75, 3.05) is 57.4 Å². The predicted molar refractivity (Wildman–Crippen MR) is 78.2 cm³/mol. The summed E-state index contributed by atoms with van der Waals surface area (Å²) in [5.74, 6) is 0. The minimum absolute atomic E-state index is 0.0247. The Kier molecular flexibility index (Phi) is 5.14. The van der Waals surface area contributed by atoms with E-state index in [1.54, 1.807) is 12.1 Å². The van der Waals surface area contributed by atoms with Crippen molar-refractivity contribution in [1.29, 1.82) is 0 Å². The Morgan fingerprint density at radius 2 is 1.95 bits per heavy atom. The molecule has 3 N–H and O–H groups in total. The monoisotopic (exact) mass is 284 g/mol. The molecule has 1 aromatic carbocycles. The number of hydrogen-bond donors (Lipinski definition) is 2. The van der Waals surface area contributed by atoms with Gasteiger partial charge in [0.25, 0.3) is 6.43 Å². The number of piperazine rings is 1. The number of hydrogen-bond acceptors (Lipinski definition) is 4. The van der Waals surface area contributed by atoms with Gasteiger partial charge in [0.2, 0.25) is 0 Å². The summed E-state index contributed by atoms with van der Waals surface area (Å²) in [7, 11) is 2.11. The number of alkyl halides is 2. The molecule has 1 saturated heterocycles. The Morgan fingerprint density at radius 1 is 1.25 bits per heavy atom. The molecule has 2 rings (SSSR count). The van der Waals surface area contributed by atoms with E-state index in [4.69, 9.17) is 5.73 Å². The summed E-state index contributed by atoms with van der Waals surface area (Å²) in [6.07, 6.45) is -2.51. The molecule has 20 heavy (non-hydrogen) atoms. The predicted octanol–water partition coefficient (Wildman–Crippen LogP) is 1.87. The molecule has 0 unspecified atom stereocenters. The molecule has 0 atom stereocenters. The summed E-state index contributed by atoms with van der Waals surface area (Å²) in [4.78, 5) is 4.63. The quantitative estimate of drug-likeness (QED) is 0.810. The molecule has 112 valence electrons. The second-order valence-corrected chi connectivity index (χ2v) is 5.22. The van der Waals surface area contributed by atoms with E-state index in [1.165, 1.54) is 6.07 Å². The molecule has 0 spiro atoms. The van der Waals surface area contributed by atoms with Crippen molar-refractivity contribution in [2.45, 2.75) is 6.43 Å². The highest BCUT2D eigenvalue weighted by Gasteiger charge is 2.15. The zero-order valence-electron chi connectivity index (χ0n) is 11.8. The average Bonchev–Trinajstić information content (AvgIpc) is 2.42. The zero-order valence-corrected chi connectivity index (χ0v) is 11.8. The highest BCUT2D eigenvalue weighted by atomic mass is 19.3. The highest BCUT2D eigenvalue weighted by molar-refractivity contribution is 5.58. The number of anilines is 2. The Morgan fingerprint density at radius 3 is 2.60 bits per heavy atom. The van der Waals surface area contributed by atoms with Gasteiger partial charge in [-0.2, -0.15) is 0 Å². The third-order valence-electron chi connectivity index (χ3n) is 3.65. The van der Waals surface area contributed by atoms with Crippen LogP contribution in [0, 0.1) is 0 Å². The van der Waals surface area contributed by atoms with E-state index < -0.39 is 6.43 Å². The first-order chi connectivity index (χ1) is 9.56. The van der Waals surface area contributed by atoms with Gasteiger partial charge < -0.3 is 16.0 Å². The average molecular weight is 284 g/mol. The van der Waals surface area contributed by atoms with Crippen LogP contribution in [-0.4, -0.2) is 56.1 Å². The van der Waals surface area contributed by atoms with Crippen molar-refractivity contribution in [3.8, 4) is 0 Å². The molecule has 0 radical (unpaired) electrons. The summed E-state index contributed by atoms with van der Waals surface area (Å²) in [6.45, 7) is 5.70. The topological polar surface area (TPSA) is 44.5 Å². The number of nitrogens with zero attached hydrogens (tertiary/aromatic N) is 2. The zero-order chi connectivity index (χ0) is 14.5. The van der Waals surface area contributed by atoms with E-state index in [2.05, 4.69) is 22.2 Å². The van der Waals surface area contributed by atoms with E-state index in [-0.39, 0.29) is 5.56 Å². The van der Waals surface area contributed by atoms with Crippen LogP contribution in [0.3, 0.4) is 0 Å². The maximum Gasteiger partial charge on any atom is 0.265 e. The van der Waals surface area contributed by atoms with Gasteiger partial charge in [-0.3, -0.25) is 4.90 Å². The first-order valence-electron chi connectivity index (χ1n) is 6.88. The Hall–Kier alpha value is -1.40. The number of nitrogens with one attached hydrogen (secondary N) is 1. The third kappa shape index (κ3) is 4.05. The van der Waals surface area contributed by atoms with Crippen molar-refractivity contribution in [1.82, 2.24) is 9.80 Å². The molecule has 1 aliphatic rings. The van der Waals surface area contributed by atoms with Gasteiger partial charge in [-0.1, -0.05) is 0 Å².